The van der Waals surface area contributed by atoms with Crippen molar-refractivity contribution in [2.75, 3.05) is 13.1 Å². The highest BCUT2D eigenvalue weighted by Gasteiger charge is 2.33. The number of nitrogens with zero attached hydrogens (tertiary/aromatic N) is 1. The van der Waals surface area contributed by atoms with Crippen molar-refractivity contribution >= 4 is 5.91 Å². The zero-order chi connectivity index (χ0) is 13.4. The van der Waals surface area contributed by atoms with Gasteiger partial charge in [-0.25, -0.2) is 0 Å². The summed E-state index contributed by atoms with van der Waals surface area (Å²) in [4.78, 5) is 14.4. The normalized spacial score (nSPS) is 17.9. The molecule has 0 radical (unpaired) electrons. The maximum Gasteiger partial charge on any atom is 0.224 e. The topological polar surface area (TPSA) is 46.3 Å². The van der Waals surface area contributed by atoms with E-state index in [0.717, 1.165) is 51.6 Å². The van der Waals surface area contributed by atoms with Crippen molar-refractivity contribution in [3.63, 3.8) is 0 Å². The van der Waals surface area contributed by atoms with E-state index in [4.69, 9.17) is 5.73 Å². The SMILES string of the molecule is CCCCN(CCCC)C(=O)CC1(N)CCCC1. The molecule has 0 spiro atoms. The fraction of sp³-hybridized carbons (Fsp3) is 0.933. The molecule has 106 valence electrons. The van der Waals surface area contributed by atoms with E-state index in [1.165, 1.54) is 12.8 Å². The number of rotatable bonds is 8. The lowest BCUT2D eigenvalue weighted by atomic mass is 9.94. The molecular formula is C15H30N2O. The van der Waals surface area contributed by atoms with E-state index >= 15 is 0 Å². The molecule has 0 heterocycles. The molecule has 0 unspecified atom stereocenters. The first-order chi connectivity index (χ1) is 8.61. The summed E-state index contributed by atoms with van der Waals surface area (Å²) >= 11 is 0. The Labute approximate surface area is 112 Å². The standard InChI is InChI=1S/C15H30N2O/c1-3-5-11-17(12-6-4-2)14(18)13-15(16)9-7-8-10-15/h3-13,16H2,1-2H3. The van der Waals surface area contributed by atoms with Crippen LogP contribution in [0.4, 0.5) is 0 Å². The van der Waals surface area contributed by atoms with Gasteiger partial charge in [-0.3, -0.25) is 4.79 Å². The second-order valence-corrected chi connectivity index (χ2v) is 5.83. The lowest BCUT2D eigenvalue weighted by Gasteiger charge is -2.28. The molecule has 0 atom stereocenters. The van der Waals surface area contributed by atoms with Gasteiger partial charge in [-0.2, -0.15) is 0 Å². The summed E-state index contributed by atoms with van der Waals surface area (Å²) in [6.45, 7) is 6.16. The molecule has 2 N–H and O–H groups in total. The van der Waals surface area contributed by atoms with Gasteiger partial charge in [0.05, 0.1) is 0 Å². The van der Waals surface area contributed by atoms with E-state index in [1.807, 2.05) is 4.90 Å². The Morgan fingerprint density at radius 2 is 1.61 bits per heavy atom. The van der Waals surface area contributed by atoms with Crippen molar-refractivity contribution in [3.8, 4) is 0 Å². The van der Waals surface area contributed by atoms with E-state index in [-0.39, 0.29) is 11.4 Å². The van der Waals surface area contributed by atoms with Gasteiger partial charge in [0.15, 0.2) is 0 Å². The third-order valence-electron chi connectivity index (χ3n) is 4.02. The number of amides is 1. The summed E-state index contributed by atoms with van der Waals surface area (Å²) in [6.07, 6.45) is 9.47. The van der Waals surface area contributed by atoms with Gasteiger partial charge < -0.3 is 10.6 Å². The predicted octanol–water partition coefficient (Wildman–Crippen LogP) is 3.08. The van der Waals surface area contributed by atoms with Crippen LogP contribution in [0.2, 0.25) is 0 Å². The molecular weight excluding hydrogens is 224 g/mol. The molecule has 0 bridgehead atoms. The molecule has 1 amide bonds. The average Bonchev–Trinajstić information content (AvgIpc) is 2.75. The fourth-order valence-electron chi connectivity index (χ4n) is 2.73. The first kappa shape index (κ1) is 15.5. The number of unbranched alkanes of at least 4 members (excludes halogenated alkanes) is 2. The average molecular weight is 254 g/mol. The molecule has 18 heavy (non-hydrogen) atoms. The lowest BCUT2D eigenvalue weighted by Crippen LogP contribution is -2.44. The van der Waals surface area contributed by atoms with Crippen molar-refractivity contribution in [1.29, 1.82) is 0 Å². The highest BCUT2D eigenvalue weighted by molar-refractivity contribution is 5.77. The Bertz CT molecular complexity index is 239. The van der Waals surface area contributed by atoms with Crippen LogP contribution in [0.3, 0.4) is 0 Å². The van der Waals surface area contributed by atoms with Crippen molar-refractivity contribution in [1.82, 2.24) is 4.90 Å². The van der Waals surface area contributed by atoms with Crippen LogP contribution in [0.15, 0.2) is 0 Å². The highest BCUT2D eigenvalue weighted by Crippen LogP contribution is 2.30. The Morgan fingerprint density at radius 3 is 2.06 bits per heavy atom. The summed E-state index contributed by atoms with van der Waals surface area (Å²) in [5.74, 6) is 0.279. The maximum absolute atomic E-state index is 12.4. The smallest absolute Gasteiger partial charge is 0.224 e. The monoisotopic (exact) mass is 254 g/mol. The molecule has 1 saturated carbocycles. The Morgan fingerprint density at radius 1 is 1.11 bits per heavy atom. The minimum absolute atomic E-state index is 0.201. The minimum Gasteiger partial charge on any atom is -0.343 e. The van der Waals surface area contributed by atoms with Crippen LogP contribution < -0.4 is 5.73 Å². The maximum atomic E-state index is 12.4. The van der Waals surface area contributed by atoms with Gasteiger partial charge >= 0.3 is 0 Å². The summed E-state index contributed by atoms with van der Waals surface area (Å²) in [5, 5.41) is 0. The Balaban J connectivity index is 2.46. The summed E-state index contributed by atoms with van der Waals surface area (Å²) in [6, 6.07) is 0. The lowest BCUT2D eigenvalue weighted by molar-refractivity contribution is -0.132. The first-order valence-corrected chi connectivity index (χ1v) is 7.68. The van der Waals surface area contributed by atoms with E-state index < -0.39 is 0 Å². The molecule has 1 rings (SSSR count). The van der Waals surface area contributed by atoms with Crippen LogP contribution in [-0.4, -0.2) is 29.4 Å². The van der Waals surface area contributed by atoms with Crippen molar-refractivity contribution < 1.29 is 4.79 Å². The van der Waals surface area contributed by atoms with E-state index in [0.29, 0.717) is 6.42 Å². The molecule has 1 fully saturated rings. The quantitative estimate of drug-likeness (QED) is 0.723. The molecule has 0 aromatic heterocycles. The minimum atomic E-state index is -0.201. The van der Waals surface area contributed by atoms with Crippen LogP contribution in [0.1, 0.15) is 71.6 Å². The Hall–Kier alpha value is -0.570. The molecule has 0 saturated heterocycles. The summed E-state index contributed by atoms with van der Waals surface area (Å²) in [5.41, 5.74) is 6.11. The summed E-state index contributed by atoms with van der Waals surface area (Å²) < 4.78 is 0. The number of hydrogen-bond acceptors (Lipinski definition) is 2. The van der Waals surface area contributed by atoms with Crippen LogP contribution >= 0.6 is 0 Å². The molecule has 0 aromatic carbocycles. The number of carbonyl (C=O) groups is 1. The molecule has 1 aliphatic carbocycles. The van der Waals surface area contributed by atoms with Gasteiger partial charge in [-0.05, 0) is 25.7 Å². The number of carbonyl (C=O) groups excluding carboxylic acids is 1. The van der Waals surface area contributed by atoms with Crippen molar-refractivity contribution in [3.05, 3.63) is 0 Å². The van der Waals surface area contributed by atoms with E-state index in [9.17, 15) is 4.79 Å². The van der Waals surface area contributed by atoms with Gasteiger partial charge in [-0.1, -0.05) is 39.5 Å². The Kier molecular flexibility index (Phi) is 6.69. The van der Waals surface area contributed by atoms with Crippen LogP contribution in [0.25, 0.3) is 0 Å². The van der Waals surface area contributed by atoms with Gasteiger partial charge in [0.1, 0.15) is 0 Å². The van der Waals surface area contributed by atoms with Crippen LogP contribution in [-0.2, 0) is 4.79 Å². The van der Waals surface area contributed by atoms with Gasteiger partial charge in [0.25, 0.3) is 0 Å². The first-order valence-electron chi connectivity index (χ1n) is 7.68. The molecule has 0 aliphatic heterocycles. The number of nitrogens with two attached hydrogens (primary N) is 1. The predicted molar refractivity (Wildman–Crippen MR) is 76.4 cm³/mol. The van der Waals surface area contributed by atoms with Gasteiger partial charge in [0, 0.05) is 25.0 Å². The third-order valence-corrected chi connectivity index (χ3v) is 4.02. The van der Waals surface area contributed by atoms with Crippen LogP contribution in [0.5, 0.6) is 0 Å². The molecule has 0 aromatic rings. The van der Waals surface area contributed by atoms with E-state index in [1.54, 1.807) is 0 Å². The largest absolute Gasteiger partial charge is 0.343 e. The van der Waals surface area contributed by atoms with Gasteiger partial charge in [0.2, 0.25) is 5.91 Å². The van der Waals surface area contributed by atoms with Crippen molar-refractivity contribution in [2.24, 2.45) is 5.73 Å². The molecule has 3 nitrogen and oxygen atoms in total. The second-order valence-electron chi connectivity index (χ2n) is 5.83. The number of hydrogen-bond donors (Lipinski definition) is 1. The molecule has 1 aliphatic rings. The van der Waals surface area contributed by atoms with Crippen molar-refractivity contribution in [2.45, 2.75) is 77.2 Å². The third kappa shape index (κ3) is 4.97. The fourth-order valence-corrected chi connectivity index (χ4v) is 2.73. The zero-order valence-corrected chi connectivity index (χ0v) is 12.2. The highest BCUT2D eigenvalue weighted by atomic mass is 16.2. The van der Waals surface area contributed by atoms with E-state index in [2.05, 4.69) is 13.8 Å². The van der Waals surface area contributed by atoms with Crippen LogP contribution in [0, 0.1) is 0 Å². The zero-order valence-electron chi connectivity index (χ0n) is 12.2. The molecule has 3 heteroatoms. The van der Waals surface area contributed by atoms with Gasteiger partial charge in [-0.15, -0.1) is 0 Å². The second kappa shape index (κ2) is 7.78. The summed E-state index contributed by atoms with van der Waals surface area (Å²) in [7, 11) is 0.